The van der Waals surface area contributed by atoms with Gasteiger partial charge in [-0.15, -0.1) is 0 Å². The van der Waals surface area contributed by atoms with E-state index in [1.54, 1.807) is 19.0 Å². The van der Waals surface area contributed by atoms with Crippen molar-refractivity contribution in [2.75, 3.05) is 19.4 Å². The van der Waals surface area contributed by atoms with Gasteiger partial charge >= 0.3 is 0 Å². The van der Waals surface area contributed by atoms with Gasteiger partial charge in [0.05, 0.1) is 6.42 Å². The second-order valence-electron chi connectivity index (χ2n) is 5.93. The summed E-state index contributed by atoms with van der Waals surface area (Å²) in [7, 11) is 3.47. The SMILES string of the molecule is Cc1ccc(C(=O)Nc2ccc(CC(=O)N(C)C)cc2)c(C)c1. The highest BCUT2D eigenvalue weighted by atomic mass is 16.2. The number of amides is 2. The molecule has 0 fully saturated rings. The Bertz CT molecular complexity index is 719. The van der Waals surface area contributed by atoms with Crippen molar-refractivity contribution in [2.45, 2.75) is 20.3 Å². The van der Waals surface area contributed by atoms with Crippen molar-refractivity contribution >= 4 is 17.5 Å². The largest absolute Gasteiger partial charge is 0.349 e. The third kappa shape index (κ3) is 4.42. The van der Waals surface area contributed by atoms with Crippen molar-refractivity contribution in [2.24, 2.45) is 0 Å². The van der Waals surface area contributed by atoms with E-state index in [9.17, 15) is 9.59 Å². The monoisotopic (exact) mass is 310 g/mol. The van der Waals surface area contributed by atoms with Crippen LogP contribution in [0.25, 0.3) is 0 Å². The van der Waals surface area contributed by atoms with Crippen molar-refractivity contribution in [3.05, 3.63) is 64.7 Å². The lowest BCUT2D eigenvalue weighted by Crippen LogP contribution is -2.23. The molecule has 1 N–H and O–H groups in total. The highest BCUT2D eigenvalue weighted by Gasteiger charge is 2.10. The molecule has 2 rings (SSSR count). The minimum Gasteiger partial charge on any atom is -0.349 e. The van der Waals surface area contributed by atoms with E-state index in [1.807, 2.05) is 56.3 Å². The number of likely N-dealkylation sites (N-methyl/N-ethyl adjacent to an activating group) is 1. The smallest absolute Gasteiger partial charge is 0.255 e. The number of nitrogens with one attached hydrogen (secondary N) is 1. The Kier molecular flexibility index (Phi) is 5.16. The maximum atomic E-state index is 12.3. The Morgan fingerprint density at radius 1 is 1.00 bits per heavy atom. The molecule has 0 heterocycles. The molecule has 0 unspecified atom stereocenters. The van der Waals surface area contributed by atoms with Crippen LogP contribution in [-0.4, -0.2) is 30.8 Å². The Balaban J connectivity index is 2.06. The highest BCUT2D eigenvalue weighted by Crippen LogP contribution is 2.15. The molecule has 0 aliphatic carbocycles. The highest BCUT2D eigenvalue weighted by molar-refractivity contribution is 6.05. The molecule has 0 radical (unpaired) electrons. The van der Waals surface area contributed by atoms with Crippen LogP contribution in [0.1, 0.15) is 27.0 Å². The number of hydrogen-bond acceptors (Lipinski definition) is 2. The number of carbonyl (C=O) groups is 2. The van der Waals surface area contributed by atoms with Crippen molar-refractivity contribution in [1.29, 1.82) is 0 Å². The molecule has 0 saturated heterocycles. The number of hydrogen-bond donors (Lipinski definition) is 1. The lowest BCUT2D eigenvalue weighted by atomic mass is 10.0. The molecule has 4 nitrogen and oxygen atoms in total. The lowest BCUT2D eigenvalue weighted by molar-refractivity contribution is -0.127. The predicted octanol–water partition coefficient (Wildman–Crippen LogP) is 3.19. The van der Waals surface area contributed by atoms with E-state index in [4.69, 9.17) is 0 Å². The summed E-state index contributed by atoms with van der Waals surface area (Å²) in [5, 5.41) is 2.89. The van der Waals surface area contributed by atoms with Crippen LogP contribution in [0, 0.1) is 13.8 Å². The third-order valence-corrected chi connectivity index (χ3v) is 3.69. The second-order valence-corrected chi connectivity index (χ2v) is 5.93. The number of nitrogens with zero attached hydrogens (tertiary/aromatic N) is 1. The average molecular weight is 310 g/mol. The summed E-state index contributed by atoms with van der Waals surface area (Å²) in [6.07, 6.45) is 0.359. The van der Waals surface area contributed by atoms with Gasteiger partial charge in [0, 0.05) is 25.3 Å². The van der Waals surface area contributed by atoms with Crippen LogP contribution in [0.3, 0.4) is 0 Å². The van der Waals surface area contributed by atoms with E-state index in [-0.39, 0.29) is 11.8 Å². The van der Waals surface area contributed by atoms with Crippen molar-refractivity contribution in [1.82, 2.24) is 4.90 Å². The molecule has 23 heavy (non-hydrogen) atoms. The normalized spacial score (nSPS) is 10.3. The zero-order valence-corrected chi connectivity index (χ0v) is 14.0. The molecule has 4 heteroatoms. The zero-order valence-electron chi connectivity index (χ0n) is 14.0. The van der Waals surface area contributed by atoms with Gasteiger partial charge in [-0.2, -0.15) is 0 Å². The molecular formula is C19H22N2O2. The zero-order chi connectivity index (χ0) is 17.0. The molecule has 0 aliphatic heterocycles. The first-order valence-corrected chi connectivity index (χ1v) is 7.54. The molecule has 120 valence electrons. The molecule has 0 atom stereocenters. The minimum atomic E-state index is -0.125. The van der Waals surface area contributed by atoms with Gasteiger partial charge in [-0.1, -0.05) is 29.8 Å². The lowest BCUT2D eigenvalue weighted by Gasteiger charge is -2.11. The van der Waals surface area contributed by atoms with Gasteiger partial charge < -0.3 is 10.2 Å². The van der Waals surface area contributed by atoms with E-state index in [2.05, 4.69) is 5.32 Å². The van der Waals surface area contributed by atoms with Crippen molar-refractivity contribution in [3.8, 4) is 0 Å². The van der Waals surface area contributed by atoms with Crippen LogP contribution in [-0.2, 0) is 11.2 Å². The third-order valence-electron chi connectivity index (χ3n) is 3.69. The van der Waals surface area contributed by atoms with E-state index in [0.29, 0.717) is 12.0 Å². The second kappa shape index (κ2) is 7.09. The Labute approximate surface area is 137 Å². The Hall–Kier alpha value is -2.62. The van der Waals surface area contributed by atoms with Crippen LogP contribution < -0.4 is 5.32 Å². The summed E-state index contributed by atoms with van der Waals surface area (Å²) >= 11 is 0. The number of carbonyl (C=O) groups excluding carboxylic acids is 2. The quantitative estimate of drug-likeness (QED) is 0.943. The summed E-state index contributed by atoms with van der Waals surface area (Å²) in [6, 6.07) is 13.1. The van der Waals surface area contributed by atoms with Gasteiger partial charge in [0.25, 0.3) is 5.91 Å². The number of rotatable bonds is 4. The van der Waals surface area contributed by atoms with E-state index in [0.717, 1.165) is 22.4 Å². The van der Waals surface area contributed by atoms with Crippen LogP contribution in [0.4, 0.5) is 5.69 Å². The molecule has 2 aromatic carbocycles. The van der Waals surface area contributed by atoms with Crippen LogP contribution in [0.15, 0.2) is 42.5 Å². The van der Waals surface area contributed by atoms with Gasteiger partial charge in [0.1, 0.15) is 0 Å². The molecule has 2 amide bonds. The van der Waals surface area contributed by atoms with Crippen LogP contribution in [0.5, 0.6) is 0 Å². The van der Waals surface area contributed by atoms with Gasteiger partial charge in [-0.05, 0) is 43.2 Å². The number of benzene rings is 2. The molecule has 0 bridgehead atoms. The van der Waals surface area contributed by atoms with Crippen molar-refractivity contribution < 1.29 is 9.59 Å². The molecule has 0 aromatic heterocycles. The average Bonchev–Trinajstić information content (AvgIpc) is 2.48. The summed E-state index contributed by atoms with van der Waals surface area (Å²) in [5.74, 6) is -0.0725. The summed E-state index contributed by atoms with van der Waals surface area (Å²) in [6.45, 7) is 3.93. The minimum absolute atomic E-state index is 0.0528. The number of aryl methyl sites for hydroxylation is 2. The van der Waals surface area contributed by atoms with Crippen LogP contribution >= 0.6 is 0 Å². The molecule has 2 aromatic rings. The topological polar surface area (TPSA) is 49.4 Å². The molecular weight excluding hydrogens is 288 g/mol. The first-order valence-electron chi connectivity index (χ1n) is 7.54. The van der Waals surface area contributed by atoms with Gasteiger partial charge in [-0.3, -0.25) is 9.59 Å². The van der Waals surface area contributed by atoms with Gasteiger partial charge in [0.2, 0.25) is 5.91 Å². The fraction of sp³-hybridized carbons (Fsp3) is 0.263. The summed E-state index contributed by atoms with van der Waals surface area (Å²) in [5.41, 5.74) is 4.40. The Morgan fingerprint density at radius 3 is 2.22 bits per heavy atom. The number of anilines is 1. The first kappa shape index (κ1) is 16.7. The van der Waals surface area contributed by atoms with E-state index in [1.165, 1.54) is 0 Å². The van der Waals surface area contributed by atoms with Gasteiger partial charge in [0.15, 0.2) is 0 Å². The fourth-order valence-corrected chi connectivity index (χ4v) is 2.31. The predicted molar refractivity (Wildman–Crippen MR) is 92.7 cm³/mol. The maximum Gasteiger partial charge on any atom is 0.255 e. The Morgan fingerprint density at radius 2 is 1.65 bits per heavy atom. The summed E-state index contributed by atoms with van der Waals surface area (Å²) < 4.78 is 0. The van der Waals surface area contributed by atoms with Crippen molar-refractivity contribution in [3.63, 3.8) is 0 Å². The van der Waals surface area contributed by atoms with E-state index < -0.39 is 0 Å². The van der Waals surface area contributed by atoms with E-state index >= 15 is 0 Å². The maximum absolute atomic E-state index is 12.3. The molecule has 0 aliphatic rings. The summed E-state index contributed by atoms with van der Waals surface area (Å²) in [4.78, 5) is 25.6. The first-order chi connectivity index (χ1) is 10.9. The standard InChI is InChI=1S/C19H22N2O2/c1-13-5-10-17(14(2)11-13)19(23)20-16-8-6-15(7-9-16)12-18(22)21(3)4/h5-11H,12H2,1-4H3,(H,20,23). The van der Waals surface area contributed by atoms with Gasteiger partial charge in [-0.25, -0.2) is 0 Å². The molecule has 0 saturated carbocycles. The van der Waals surface area contributed by atoms with Crippen LogP contribution in [0.2, 0.25) is 0 Å². The molecule has 0 spiro atoms. The fourth-order valence-electron chi connectivity index (χ4n) is 2.31.